The Kier molecular flexibility index (Phi) is 8.49. The van der Waals surface area contributed by atoms with Crippen LogP contribution in [0.5, 0.6) is 0 Å². The molecule has 0 aliphatic carbocycles. The Morgan fingerprint density at radius 2 is 1.80 bits per heavy atom. The lowest BCUT2D eigenvalue weighted by molar-refractivity contribution is 0.185. The molecule has 0 amide bonds. The number of guanidine groups is 1. The first-order valence-electron chi connectivity index (χ1n) is 9.50. The quantitative estimate of drug-likeness (QED) is 0.426. The largest absolute Gasteiger partial charge is 0.352 e. The van der Waals surface area contributed by atoms with Gasteiger partial charge in [0.15, 0.2) is 5.96 Å². The molecule has 2 fully saturated rings. The first-order chi connectivity index (χ1) is 11.7. The Bertz CT molecular complexity index is 546. The number of nitrogens with zero attached hydrogens (tertiary/aromatic N) is 3. The molecule has 0 atom stereocenters. The van der Waals surface area contributed by atoms with Gasteiger partial charge in [-0.05, 0) is 55.8 Å². The van der Waals surface area contributed by atoms with Crippen molar-refractivity contribution < 1.29 is 0 Å². The predicted molar refractivity (Wildman–Crippen MR) is 117 cm³/mol. The van der Waals surface area contributed by atoms with E-state index in [9.17, 15) is 0 Å². The molecular weight excluding hydrogens is 423 g/mol. The molecule has 1 aromatic rings. The molecule has 2 aliphatic heterocycles. The number of benzene rings is 1. The number of likely N-dealkylation sites (tertiary alicyclic amines) is 2. The van der Waals surface area contributed by atoms with Gasteiger partial charge < -0.3 is 10.2 Å². The molecular formula is C20H33IN4. The molecule has 0 bridgehead atoms. The van der Waals surface area contributed by atoms with E-state index in [-0.39, 0.29) is 24.0 Å². The van der Waals surface area contributed by atoms with Gasteiger partial charge in [0.25, 0.3) is 0 Å². The molecule has 2 aliphatic rings. The van der Waals surface area contributed by atoms with E-state index in [2.05, 4.69) is 51.3 Å². The molecule has 0 aromatic heterocycles. The number of piperidine rings is 1. The van der Waals surface area contributed by atoms with Crippen LogP contribution in [0.3, 0.4) is 0 Å². The van der Waals surface area contributed by atoms with E-state index in [1.165, 1.54) is 49.9 Å². The van der Waals surface area contributed by atoms with Crippen molar-refractivity contribution in [3.8, 4) is 0 Å². The monoisotopic (exact) mass is 456 g/mol. The molecule has 4 nitrogen and oxygen atoms in total. The van der Waals surface area contributed by atoms with Crippen LogP contribution in [0.15, 0.2) is 29.3 Å². The summed E-state index contributed by atoms with van der Waals surface area (Å²) in [5, 5.41) is 3.53. The van der Waals surface area contributed by atoms with E-state index in [1.54, 1.807) is 0 Å². The van der Waals surface area contributed by atoms with Crippen LogP contribution in [-0.2, 0) is 13.1 Å². The number of nitrogens with one attached hydrogen (secondary N) is 1. The number of hydrogen-bond donors (Lipinski definition) is 1. The average molecular weight is 456 g/mol. The van der Waals surface area contributed by atoms with Crippen molar-refractivity contribution in [1.29, 1.82) is 0 Å². The zero-order valence-corrected chi connectivity index (χ0v) is 18.0. The van der Waals surface area contributed by atoms with Crippen molar-refractivity contribution in [2.75, 3.05) is 33.2 Å². The van der Waals surface area contributed by atoms with Crippen LogP contribution in [0, 0.1) is 5.92 Å². The molecule has 2 heterocycles. The summed E-state index contributed by atoms with van der Waals surface area (Å²) in [6, 6.07) is 9.02. The smallest absolute Gasteiger partial charge is 0.193 e. The first kappa shape index (κ1) is 20.5. The number of aliphatic imine (C=N–C) groups is 1. The standard InChI is InChI=1S/C20H32N4.HI/c1-17-8-12-23(13-9-17)16-19-7-5-6-18(14-19)15-22-20(21-2)24-10-3-4-11-24;/h5-7,14,17H,3-4,8-13,15-16H2,1-2H3,(H,21,22);1H. The fourth-order valence-corrected chi connectivity index (χ4v) is 3.76. The van der Waals surface area contributed by atoms with Gasteiger partial charge in [-0.3, -0.25) is 9.89 Å². The van der Waals surface area contributed by atoms with Gasteiger partial charge in [-0.25, -0.2) is 0 Å². The van der Waals surface area contributed by atoms with Crippen LogP contribution in [0.2, 0.25) is 0 Å². The van der Waals surface area contributed by atoms with Crippen LogP contribution in [0.25, 0.3) is 0 Å². The molecule has 5 heteroatoms. The summed E-state index contributed by atoms with van der Waals surface area (Å²) in [6.07, 6.45) is 5.25. The molecule has 1 N–H and O–H groups in total. The van der Waals surface area contributed by atoms with Crippen LogP contribution in [0.1, 0.15) is 43.7 Å². The highest BCUT2D eigenvalue weighted by atomic mass is 127. The Morgan fingerprint density at radius 3 is 2.48 bits per heavy atom. The predicted octanol–water partition coefficient (Wildman–Crippen LogP) is 3.71. The molecule has 3 rings (SSSR count). The van der Waals surface area contributed by atoms with Gasteiger partial charge in [0.05, 0.1) is 0 Å². The third-order valence-electron chi connectivity index (χ3n) is 5.34. The third kappa shape index (κ3) is 6.13. The fraction of sp³-hybridized carbons (Fsp3) is 0.650. The highest BCUT2D eigenvalue weighted by Crippen LogP contribution is 2.18. The van der Waals surface area contributed by atoms with Crippen LogP contribution >= 0.6 is 24.0 Å². The van der Waals surface area contributed by atoms with Gasteiger partial charge in [-0.1, -0.05) is 31.2 Å². The van der Waals surface area contributed by atoms with Gasteiger partial charge in [0.1, 0.15) is 0 Å². The third-order valence-corrected chi connectivity index (χ3v) is 5.34. The van der Waals surface area contributed by atoms with Crippen molar-refractivity contribution in [2.24, 2.45) is 10.9 Å². The van der Waals surface area contributed by atoms with Crippen molar-refractivity contribution >= 4 is 29.9 Å². The Balaban J connectivity index is 0.00000225. The highest BCUT2D eigenvalue weighted by Gasteiger charge is 2.17. The summed E-state index contributed by atoms with van der Waals surface area (Å²) in [4.78, 5) is 9.38. The first-order valence-corrected chi connectivity index (χ1v) is 9.50. The lowest BCUT2D eigenvalue weighted by atomic mass is 9.98. The molecule has 0 unspecified atom stereocenters. The van der Waals surface area contributed by atoms with Crippen LogP contribution in [0.4, 0.5) is 0 Å². The Morgan fingerprint density at radius 1 is 1.12 bits per heavy atom. The Labute approximate surface area is 170 Å². The molecule has 2 saturated heterocycles. The molecule has 0 saturated carbocycles. The zero-order chi connectivity index (χ0) is 16.8. The minimum absolute atomic E-state index is 0. The number of halogens is 1. The van der Waals surface area contributed by atoms with Gasteiger partial charge in [-0.15, -0.1) is 24.0 Å². The van der Waals surface area contributed by atoms with E-state index < -0.39 is 0 Å². The van der Waals surface area contributed by atoms with Crippen LogP contribution < -0.4 is 5.32 Å². The second kappa shape index (κ2) is 10.4. The number of hydrogen-bond acceptors (Lipinski definition) is 2. The topological polar surface area (TPSA) is 30.9 Å². The van der Waals surface area contributed by atoms with Crippen molar-refractivity contribution in [1.82, 2.24) is 15.1 Å². The molecule has 140 valence electrons. The molecule has 0 radical (unpaired) electrons. The summed E-state index contributed by atoms with van der Waals surface area (Å²) >= 11 is 0. The van der Waals surface area contributed by atoms with Gasteiger partial charge in [0, 0.05) is 33.2 Å². The average Bonchev–Trinajstić information content (AvgIpc) is 3.12. The lowest BCUT2D eigenvalue weighted by Gasteiger charge is -2.30. The van der Waals surface area contributed by atoms with Crippen molar-refractivity contribution in [3.63, 3.8) is 0 Å². The minimum atomic E-state index is 0. The summed E-state index contributed by atoms with van der Waals surface area (Å²) in [5.41, 5.74) is 2.78. The van der Waals surface area contributed by atoms with E-state index in [4.69, 9.17) is 0 Å². The number of rotatable bonds is 4. The summed E-state index contributed by atoms with van der Waals surface area (Å²) < 4.78 is 0. The van der Waals surface area contributed by atoms with E-state index >= 15 is 0 Å². The summed E-state index contributed by atoms with van der Waals surface area (Å²) in [7, 11) is 1.88. The van der Waals surface area contributed by atoms with Gasteiger partial charge >= 0.3 is 0 Å². The highest BCUT2D eigenvalue weighted by molar-refractivity contribution is 14.0. The molecule has 0 spiro atoms. The zero-order valence-electron chi connectivity index (χ0n) is 15.7. The van der Waals surface area contributed by atoms with E-state index in [0.717, 1.165) is 38.1 Å². The van der Waals surface area contributed by atoms with Crippen molar-refractivity contribution in [3.05, 3.63) is 35.4 Å². The second-order valence-corrected chi connectivity index (χ2v) is 7.37. The summed E-state index contributed by atoms with van der Waals surface area (Å²) in [5.74, 6) is 1.94. The Hall–Kier alpha value is -0.820. The SMILES string of the molecule is CN=C(NCc1cccc(CN2CCC(C)CC2)c1)N1CCCC1.I. The normalized spacial score (nSPS) is 19.8. The fourth-order valence-electron chi connectivity index (χ4n) is 3.76. The second-order valence-electron chi connectivity index (χ2n) is 7.37. The van der Waals surface area contributed by atoms with Crippen molar-refractivity contribution in [2.45, 2.75) is 45.7 Å². The van der Waals surface area contributed by atoms with Gasteiger partial charge in [0.2, 0.25) is 0 Å². The van der Waals surface area contributed by atoms with Gasteiger partial charge in [-0.2, -0.15) is 0 Å². The van der Waals surface area contributed by atoms with Crippen LogP contribution in [-0.4, -0.2) is 49.0 Å². The summed E-state index contributed by atoms with van der Waals surface area (Å²) in [6.45, 7) is 9.06. The molecule has 25 heavy (non-hydrogen) atoms. The van der Waals surface area contributed by atoms with E-state index in [1.807, 2.05) is 7.05 Å². The maximum absolute atomic E-state index is 4.43. The minimum Gasteiger partial charge on any atom is -0.352 e. The molecule has 1 aromatic carbocycles. The maximum Gasteiger partial charge on any atom is 0.193 e. The maximum atomic E-state index is 4.43. The lowest BCUT2D eigenvalue weighted by Crippen LogP contribution is -2.39. The van der Waals surface area contributed by atoms with E-state index in [0.29, 0.717) is 0 Å².